The van der Waals surface area contributed by atoms with Gasteiger partial charge in [0.15, 0.2) is 5.78 Å². The summed E-state index contributed by atoms with van der Waals surface area (Å²) in [6, 6.07) is 5.60. The fraction of sp³-hybridized carbons (Fsp3) is 0.429. The van der Waals surface area contributed by atoms with Gasteiger partial charge in [0.25, 0.3) is 5.69 Å². The molecule has 1 aromatic carbocycles. The lowest BCUT2D eigenvalue weighted by Gasteiger charge is -2.18. The molecule has 1 amide bonds. The van der Waals surface area contributed by atoms with E-state index in [0.717, 1.165) is 0 Å². The second kappa shape index (κ2) is 8.11. The number of hydrogen-bond acceptors (Lipinski definition) is 5. The van der Waals surface area contributed by atoms with Gasteiger partial charge in [0.2, 0.25) is 5.91 Å². The second-order valence-corrected chi connectivity index (χ2v) is 4.49. The lowest BCUT2D eigenvalue weighted by atomic mass is 10.1. The molecule has 0 aliphatic carbocycles. The second-order valence-electron chi connectivity index (χ2n) is 4.49. The highest BCUT2D eigenvalue weighted by Gasteiger charge is 2.16. The monoisotopic (exact) mass is 293 g/mol. The molecule has 0 aromatic heterocycles. The first kappa shape index (κ1) is 16.8. The fourth-order valence-corrected chi connectivity index (χ4v) is 1.82. The number of hydrogen-bond donors (Lipinski definition) is 1. The smallest absolute Gasteiger partial charge is 0.270 e. The highest BCUT2D eigenvalue weighted by Crippen LogP contribution is 2.13. The molecule has 0 bridgehead atoms. The molecule has 7 heteroatoms. The Hall–Kier alpha value is -2.28. The van der Waals surface area contributed by atoms with E-state index < -0.39 is 4.92 Å². The van der Waals surface area contributed by atoms with Gasteiger partial charge < -0.3 is 5.32 Å². The third kappa shape index (κ3) is 5.31. The van der Waals surface area contributed by atoms with Crippen LogP contribution in [0.2, 0.25) is 0 Å². The minimum atomic E-state index is -0.539. The number of carbonyl (C=O) groups excluding carboxylic acids is 2. The topological polar surface area (TPSA) is 92.6 Å². The van der Waals surface area contributed by atoms with Gasteiger partial charge >= 0.3 is 0 Å². The Morgan fingerprint density at radius 3 is 2.57 bits per heavy atom. The molecule has 0 aliphatic heterocycles. The summed E-state index contributed by atoms with van der Waals surface area (Å²) in [5.74, 6) is -0.393. The third-order valence-electron chi connectivity index (χ3n) is 2.93. The molecular weight excluding hydrogens is 274 g/mol. The summed E-state index contributed by atoms with van der Waals surface area (Å²) < 4.78 is 0. The zero-order valence-corrected chi connectivity index (χ0v) is 12.2. The van der Waals surface area contributed by atoms with Crippen molar-refractivity contribution in [2.45, 2.75) is 13.8 Å². The fourth-order valence-electron chi connectivity index (χ4n) is 1.82. The van der Waals surface area contributed by atoms with Crippen molar-refractivity contribution in [3.05, 3.63) is 39.9 Å². The van der Waals surface area contributed by atoms with Crippen molar-refractivity contribution >= 4 is 17.4 Å². The minimum absolute atomic E-state index is 0.0504. The van der Waals surface area contributed by atoms with Gasteiger partial charge in [-0.25, -0.2) is 0 Å². The zero-order valence-electron chi connectivity index (χ0n) is 12.2. The average molecular weight is 293 g/mol. The lowest BCUT2D eigenvalue weighted by Crippen LogP contribution is -2.39. The molecule has 1 rings (SSSR count). The number of benzene rings is 1. The number of Topliss-reactive ketones (excluding diaryl/α,β-unsaturated/α-hetero) is 1. The summed E-state index contributed by atoms with van der Waals surface area (Å²) in [5.41, 5.74) is 0.158. The first-order valence-electron chi connectivity index (χ1n) is 6.74. The number of nitro benzene ring substituents is 1. The molecule has 0 heterocycles. The molecule has 0 spiro atoms. The number of nitro groups is 1. The van der Waals surface area contributed by atoms with Gasteiger partial charge in [-0.05, 0) is 13.5 Å². The van der Waals surface area contributed by atoms with Crippen LogP contribution in [0.25, 0.3) is 0 Å². The van der Waals surface area contributed by atoms with E-state index in [1.165, 1.54) is 24.3 Å². The minimum Gasteiger partial charge on any atom is -0.355 e. The molecule has 0 fully saturated rings. The Balaban J connectivity index is 2.72. The molecule has 0 atom stereocenters. The van der Waals surface area contributed by atoms with Crippen LogP contribution < -0.4 is 5.32 Å². The maximum Gasteiger partial charge on any atom is 0.270 e. The molecule has 0 saturated carbocycles. The number of carbonyl (C=O) groups is 2. The van der Waals surface area contributed by atoms with Crippen LogP contribution in [-0.2, 0) is 4.79 Å². The molecule has 7 nitrogen and oxygen atoms in total. The molecular formula is C14H19N3O4. The summed E-state index contributed by atoms with van der Waals surface area (Å²) in [6.07, 6.45) is 0. The summed E-state index contributed by atoms with van der Waals surface area (Å²) in [4.78, 5) is 35.5. The van der Waals surface area contributed by atoms with Crippen molar-refractivity contribution < 1.29 is 14.5 Å². The van der Waals surface area contributed by atoms with Crippen molar-refractivity contribution in [1.82, 2.24) is 10.2 Å². The highest BCUT2D eigenvalue weighted by atomic mass is 16.6. The first-order chi connectivity index (χ1) is 9.97. The molecule has 1 N–H and O–H groups in total. The molecule has 114 valence electrons. The van der Waals surface area contributed by atoms with Crippen molar-refractivity contribution in [2.75, 3.05) is 26.2 Å². The standard InChI is InChI=1S/C14H19N3O4/c1-3-15-14(19)10-16(4-2)9-13(18)11-6-5-7-12(8-11)17(20)21/h5-8H,3-4,9-10H2,1-2H3,(H,15,19). The van der Waals surface area contributed by atoms with Crippen LogP contribution in [-0.4, -0.2) is 47.7 Å². The van der Waals surface area contributed by atoms with Gasteiger partial charge in [-0.1, -0.05) is 19.1 Å². The van der Waals surface area contributed by atoms with Crippen LogP contribution in [0.4, 0.5) is 5.69 Å². The maximum absolute atomic E-state index is 12.1. The van der Waals surface area contributed by atoms with E-state index in [2.05, 4.69) is 5.32 Å². The molecule has 21 heavy (non-hydrogen) atoms. The van der Waals surface area contributed by atoms with E-state index in [4.69, 9.17) is 0 Å². The Morgan fingerprint density at radius 1 is 1.29 bits per heavy atom. The van der Waals surface area contributed by atoms with Crippen LogP contribution in [0.15, 0.2) is 24.3 Å². The predicted octanol–water partition coefficient (Wildman–Crippen LogP) is 1.24. The lowest BCUT2D eigenvalue weighted by molar-refractivity contribution is -0.384. The van der Waals surface area contributed by atoms with E-state index in [1.807, 2.05) is 13.8 Å². The number of amides is 1. The Bertz CT molecular complexity index is 531. The van der Waals surface area contributed by atoms with Gasteiger partial charge in [0.1, 0.15) is 0 Å². The summed E-state index contributed by atoms with van der Waals surface area (Å²) >= 11 is 0. The molecule has 1 aromatic rings. The molecule has 0 unspecified atom stereocenters. The van der Waals surface area contributed by atoms with Gasteiger partial charge in [-0.2, -0.15) is 0 Å². The van der Waals surface area contributed by atoms with Gasteiger partial charge in [-0.15, -0.1) is 0 Å². The van der Waals surface area contributed by atoms with Crippen LogP contribution in [0.1, 0.15) is 24.2 Å². The number of likely N-dealkylation sites (N-methyl/N-ethyl adjacent to an activating group) is 2. The first-order valence-corrected chi connectivity index (χ1v) is 6.74. The third-order valence-corrected chi connectivity index (χ3v) is 2.93. The van der Waals surface area contributed by atoms with E-state index in [1.54, 1.807) is 4.90 Å². The summed E-state index contributed by atoms with van der Waals surface area (Å²) in [6.45, 7) is 4.93. The van der Waals surface area contributed by atoms with Crippen LogP contribution in [0.5, 0.6) is 0 Å². The Morgan fingerprint density at radius 2 is 2.00 bits per heavy atom. The van der Waals surface area contributed by atoms with E-state index in [-0.39, 0.29) is 36.0 Å². The quantitative estimate of drug-likeness (QED) is 0.442. The average Bonchev–Trinajstić information content (AvgIpc) is 2.46. The van der Waals surface area contributed by atoms with Crippen molar-refractivity contribution in [3.63, 3.8) is 0 Å². The van der Waals surface area contributed by atoms with Crippen molar-refractivity contribution in [3.8, 4) is 0 Å². The van der Waals surface area contributed by atoms with Gasteiger partial charge in [0.05, 0.1) is 18.0 Å². The Labute approximate surface area is 123 Å². The number of non-ortho nitro benzene ring substituents is 1. The van der Waals surface area contributed by atoms with Gasteiger partial charge in [0, 0.05) is 24.2 Å². The van der Waals surface area contributed by atoms with Crippen molar-refractivity contribution in [1.29, 1.82) is 0 Å². The molecule has 0 aliphatic rings. The largest absolute Gasteiger partial charge is 0.355 e. The van der Waals surface area contributed by atoms with Crippen LogP contribution in [0.3, 0.4) is 0 Å². The molecule has 0 radical (unpaired) electrons. The normalized spacial score (nSPS) is 10.4. The highest BCUT2D eigenvalue weighted by molar-refractivity contribution is 5.98. The van der Waals surface area contributed by atoms with Crippen LogP contribution in [0, 0.1) is 10.1 Å². The number of nitrogens with zero attached hydrogens (tertiary/aromatic N) is 2. The number of nitrogens with one attached hydrogen (secondary N) is 1. The van der Waals surface area contributed by atoms with E-state index in [0.29, 0.717) is 13.1 Å². The van der Waals surface area contributed by atoms with Gasteiger partial charge in [-0.3, -0.25) is 24.6 Å². The van der Waals surface area contributed by atoms with E-state index >= 15 is 0 Å². The van der Waals surface area contributed by atoms with Crippen molar-refractivity contribution in [2.24, 2.45) is 0 Å². The zero-order chi connectivity index (χ0) is 15.8. The number of rotatable bonds is 8. The molecule has 0 saturated heterocycles. The SMILES string of the molecule is CCNC(=O)CN(CC)CC(=O)c1cccc([N+](=O)[O-])c1. The predicted molar refractivity (Wildman–Crippen MR) is 78.2 cm³/mol. The maximum atomic E-state index is 12.1. The Kier molecular flexibility index (Phi) is 6.48. The number of ketones is 1. The summed E-state index contributed by atoms with van der Waals surface area (Å²) in [5, 5.41) is 13.4. The van der Waals surface area contributed by atoms with Crippen LogP contribution >= 0.6 is 0 Å². The summed E-state index contributed by atoms with van der Waals surface area (Å²) in [7, 11) is 0. The van der Waals surface area contributed by atoms with E-state index in [9.17, 15) is 19.7 Å².